The van der Waals surface area contributed by atoms with Crippen LogP contribution in [0.5, 0.6) is 5.75 Å². The summed E-state index contributed by atoms with van der Waals surface area (Å²) >= 11 is 11.9. The smallest absolute Gasteiger partial charge is 0.416 e. The molecule has 3 rings (SSSR count). The first-order valence-electron chi connectivity index (χ1n) is 8.44. The van der Waals surface area contributed by atoms with E-state index < -0.39 is 11.7 Å². The molecule has 0 heterocycles. The molecule has 0 saturated carbocycles. The van der Waals surface area contributed by atoms with Gasteiger partial charge in [-0.25, -0.2) is 0 Å². The molecule has 0 bridgehead atoms. The summed E-state index contributed by atoms with van der Waals surface area (Å²) in [5.74, 6) is 0.652. The number of alkyl halides is 3. The van der Waals surface area contributed by atoms with Crippen LogP contribution in [0, 0.1) is 0 Å². The van der Waals surface area contributed by atoms with Crippen LogP contribution in [-0.2, 0) is 12.8 Å². The van der Waals surface area contributed by atoms with Crippen molar-refractivity contribution in [1.29, 1.82) is 0 Å². The Kier molecular flexibility index (Phi) is 6.67. The lowest BCUT2D eigenvalue weighted by molar-refractivity contribution is -0.137. The normalized spacial score (nSPS) is 11.6. The van der Waals surface area contributed by atoms with E-state index in [1.165, 1.54) is 18.3 Å². The van der Waals surface area contributed by atoms with Crippen molar-refractivity contribution in [2.45, 2.75) is 12.8 Å². The van der Waals surface area contributed by atoms with Crippen molar-refractivity contribution in [3.8, 4) is 5.75 Å². The van der Waals surface area contributed by atoms with Gasteiger partial charge in [-0.05, 0) is 65.7 Å². The quantitative estimate of drug-likeness (QED) is 0.330. The number of nitrogens with zero attached hydrogens (tertiary/aromatic N) is 1. The highest BCUT2D eigenvalue weighted by atomic mass is 35.5. The van der Waals surface area contributed by atoms with E-state index in [1.807, 2.05) is 6.07 Å². The Morgan fingerprint density at radius 2 is 1.69 bits per heavy atom. The fourth-order valence-electron chi connectivity index (χ4n) is 2.39. The summed E-state index contributed by atoms with van der Waals surface area (Å²) in [4.78, 5) is 0. The lowest BCUT2D eigenvalue weighted by Crippen LogP contribution is -2.05. The molecule has 0 saturated heterocycles. The van der Waals surface area contributed by atoms with Crippen molar-refractivity contribution in [3.05, 3.63) is 93.5 Å². The second kappa shape index (κ2) is 9.20. The molecule has 3 nitrogen and oxygen atoms in total. The maximum Gasteiger partial charge on any atom is 0.416 e. The van der Waals surface area contributed by atoms with Gasteiger partial charge in [-0.1, -0.05) is 35.3 Å². The van der Waals surface area contributed by atoms with E-state index in [0.717, 1.165) is 23.3 Å². The molecule has 0 aliphatic rings. The van der Waals surface area contributed by atoms with Gasteiger partial charge in [0.15, 0.2) is 0 Å². The molecular weight excluding hydrogens is 424 g/mol. The summed E-state index contributed by atoms with van der Waals surface area (Å²) in [5.41, 5.74) is 3.74. The standard InChI is InChI=1S/C21H15Cl2F3N2O/c22-19-9-6-15(10-20(19)23)13-29-18-7-4-14(5-8-18)12-27-28-17-3-1-2-16(11-17)21(24,25)26/h1-12,28H,13H2. The van der Waals surface area contributed by atoms with E-state index in [4.69, 9.17) is 27.9 Å². The van der Waals surface area contributed by atoms with Gasteiger partial charge in [0.2, 0.25) is 0 Å². The molecule has 1 N–H and O–H groups in total. The molecule has 29 heavy (non-hydrogen) atoms. The first kappa shape index (κ1) is 21.0. The SMILES string of the molecule is FC(F)(F)c1cccc(NN=Cc2ccc(OCc3ccc(Cl)c(Cl)c3)cc2)c1. The van der Waals surface area contributed by atoms with Crippen LogP contribution in [0.2, 0.25) is 10.0 Å². The average Bonchev–Trinajstić information content (AvgIpc) is 2.69. The molecule has 0 spiro atoms. The molecule has 0 aliphatic carbocycles. The Morgan fingerprint density at radius 1 is 0.931 bits per heavy atom. The minimum absolute atomic E-state index is 0.248. The molecule has 0 aliphatic heterocycles. The Labute approximate surface area is 175 Å². The van der Waals surface area contributed by atoms with Crippen LogP contribution in [0.3, 0.4) is 0 Å². The van der Waals surface area contributed by atoms with Crippen LogP contribution in [0.1, 0.15) is 16.7 Å². The molecule has 3 aromatic rings. The Morgan fingerprint density at radius 3 is 2.38 bits per heavy atom. The molecule has 0 fully saturated rings. The highest BCUT2D eigenvalue weighted by Gasteiger charge is 2.30. The number of rotatable bonds is 6. The molecule has 3 aromatic carbocycles. The van der Waals surface area contributed by atoms with E-state index in [-0.39, 0.29) is 5.69 Å². The van der Waals surface area contributed by atoms with E-state index in [0.29, 0.717) is 22.4 Å². The van der Waals surface area contributed by atoms with Gasteiger partial charge in [-0.3, -0.25) is 5.43 Å². The number of benzene rings is 3. The number of hydrogen-bond donors (Lipinski definition) is 1. The Hall–Kier alpha value is -2.70. The van der Waals surface area contributed by atoms with Crippen LogP contribution < -0.4 is 10.2 Å². The third-order valence-corrected chi connectivity index (χ3v) is 4.61. The van der Waals surface area contributed by atoms with Gasteiger partial charge < -0.3 is 4.74 Å². The zero-order valence-electron chi connectivity index (χ0n) is 14.9. The minimum atomic E-state index is -4.39. The number of halogens is 5. The molecule has 0 atom stereocenters. The van der Waals surface area contributed by atoms with E-state index in [9.17, 15) is 13.2 Å². The zero-order valence-corrected chi connectivity index (χ0v) is 16.4. The first-order chi connectivity index (χ1) is 13.8. The van der Waals surface area contributed by atoms with Gasteiger partial charge in [0.05, 0.1) is 27.5 Å². The van der Waals surface area contributed by atoms with Crippen LogP contribution in [0.15, 0.2) is 71.8 Å². The van der Waals surface area contributed by atoms with Crippen LogP contribution >= 0.6 is 23.2 Å². The fraction of sp³-hybridized carbons (Fsp3) is 0.0952. The van der Waals surface area contributed by atoms with Gasteiger partial charge >= 0.3 is 6.18 Å². The van der Waals surface area contributed by atoms with Crippen molar-refractivity contribution >= 4 is 35.1 Å². The fourth-order valence-corrected chi connectivity index (χ4v) is 2.71. The van der Waals surface area contributed by atoms with E-state index in [2.05, 4.69) is 10.5 Å². The molecule has 0 radical (unpaired) electrons. The van der Waals surface area contributed by atoms with Crippen molar-refractivity contribution in [1.82, 2.24) is 0 Å². The highest BCUT2D eigenvalue weighted by molar-refractivity contribution is 6.42. The Bertz CT molecular complexity index is 1010. The summed E-state index contributed by atoms with van der Waals surface area (Å²) in [6.07, 6.45) is -2.89. The molecule has 8 heteroatoms. The lowest BCUT2D eigenvalue weighted by atomic mass is 10.2. The topological polar surface area (TPSA) is 33.6 Å². The lowest BCUT2D eigenvalue weighted by Gasteiger charge is -2.08. The predicted molar refractivity (Wildman–Crippen MR) is 110 cm³/mol. The summed E-state index contributed by atoms with van der Waals surface area (Å²) in [6, 6.07) is 17.2. The second-order valence-electron chi connectivity index (χ2n) is 6.05. The van der Waals surface area contributed by atoms with Gasteiger partial charge in [0.25, 0.3) is 0 Å². The van der Waals surface area contributed by atoms with Crippen LogP contribution in [-0.4, -0.2) is 6.21 Å². The number of nitrogens with one attached hydrogen (secondary N) is 1. The zero-order chi connectivity index (χ0) is 20.9. The van der Waals surface area contributed by atoms with E-state index in [1.54, 1.807) is 36.4 Å². The highest BCUT2D eigenvalue weighted by Crippen LogP contribution is 2.30. The predicted octanol–water partition coefficient (Wildman–Crippen LogP) is 7.04. The summed E-state index contributed by atoms with van der Waals surface area (Å²) < 4.78 is 43.8. The van der Waals surface area contributed by atoms with Crippen molar-refractivity contribution in [3.63, 3.8) is 0 Å². The van der Waals surface area contributed by atoms with Crippen molar-refractivity contribution in [2.75, 3.05) is 5.43 Å². The van der Waals surface area contributed by atoms with Gasteiger partial charge in [0, 0.05) is 0 Å². The summed E-state index contributed by atoms with van der Waals surface area (Å²) in [5, 5.41) is 4.92. The minimum Gasteiger partial charge on any atom is -0.489 e. The van der Waals surface area contributed by atoms with Gasteiger partial charge in [0.1, 0.15) is 12.4 Å². The van der Waals surface area contributed by atoms with Crippen molar-refractivity contribution in [2.24, 2.45) is 5.10 Å². The molecule has 150 valence electrons. The van der Waals surface area contributed by atoms with Gasteiger partial charge in [-0.15, -0.1) is 0 Å². The number of hydrazone groups is 1. The summed E-state index contributed by atoms with van der Waals surface area (Å²) in [6.45, 7) is 0.335. The summed E-state index contributed by atoms with van der Waals surface area (Å²) in [7, 11) is 0. The third kappa shape index (κ3) is 6.14. The van der Waals surface area contributed by atoms with E-state index >= 15 is 0 Å². The maximum absolute atomic E-state index is 12.7. The molecule has 0 amide bonds. The Balaban J connectivity index is 1.55. The molecular formula is C21H15Cl2F3N2O. The van der Waals surface area contributed by atoms with Crippen molar-refractivity contribution < 1.29 is 17.9 Å². The maximum atomic E-state index is 12.7. The number of hydrogen-bond acceptors (Lipinski definition) is 3. The second-order valence-corrected chi connectivity index (χ2v) is 6.87. The monoisotopic (exact) mass is 438 g/mol. The molecule has 0 unspecified atom stereocenters. The third-order valence-electron chi connectivity index (χ3n) is 3.87. The largest absolute Gasteiger partial charge is 0.489 e. The number of ether oxygens (including phenoxy) is 1. The van der Waals surface area contributed by atoms with Crippen LogP contribution in [0.4, 0.5) is 18.9 Å². The molecule has 0 aromatic heterocycles. The van der Waals surface area contributed by atoms with Gasteiger partial charge in [-0.2, -0.15) is 18.3 Å². The number of anilines is 1. The first-order valence-corrected chi connectivity index (χ1v) is 9.20. The van der Waals surface area contributed by atoms with Crippen LogP contribution in [0.25, 0.3) is 0 Å². The average molecular weight is 439 g/mol.